The number of sulfonamides is 1. The van der Waals surface area contributed by atoms with E-state index in [0.717, 1.165) is 11.3 Å². The number of nitrogens with zero attached hydrogens (tertiary/aromatic N) is 1. The molecule has 4 nitrogen and oxygen atoms in total. The summed E-state index contributed by atoms with van der Waals surface area (Å²) in [6, 6.07) is 3.40. The van der Waals surface area contributed by atoms with Gasteiger partial charge in [0.25, 0.3) is 10.0 Å². The maximum absolute atomic E-state index is 12.2. The molecule has 0 bridgehead atoms. The first-order valence-corrected chi connectivity index (χ1v) is 8.67. The van der Waals surface area contributed by atoms with Crippen molar-refractivity contribution in [3.05, 3.63) is 14.9 Å². The van der Waals surface area contributed by atoms with Crippen LogP contribution in [0.5, 0.6) is 0 Å². The van der Waals surface area contributed by atoms with Crippen molar-refractivity contribution < 1.29 is 8.42 Å². The summed E-state index contributed by atoms with van der Waals surface area (Å²) >= 11 is 10.0. The van der Waals surface area contributed by atoms with Crippen LogP contribution in [0.1, 0.15) is 26.7 Å². The zero-order chi connectivity index (χ0) is 14.0. The lowest BCUT2D eigenvalue weighted by Gasteiger charge is -2.23. The predicted octanol–water partition coefficient (Wildman–Crippen LogP) is 3.52. The van der Waals surface area contributed by atoms with Crippen LogP contribution in [-0.4, -0.2) is 14.0 Å². The summed E-state index contributed by atoms with van der Waals surface area (Å²) in [4.78, 5) is 0. The zero-order valence-electron chi connectivity index (χ0n) is 9.83. The minimum Gasteiger partial charge on any atom is -0.206 e. The van der Waals surface area contributed by atoms with E-state index in [-0.39, 0.29) is 4.21 Å². The molecule has 0 atom stereocenters. The van der Waals surface area contributed by atoms with Crippen molar-refractivity contribution in [3.63, 3.8) is 0 Å². The van der Waals surface area contributed by atoms with Gasteiger partial charge in [-0.1, -0.05) is 25.4 Å². The molecule has 1 heterocycles. The topological polar surface area (TPSA) is 70.0 Å². The average molecular weight is 372 g/mol. The van der Waals surface area contributed by atoms with Crippen molar-refractivity contribution in [1.29, 1.82) is 5.26 Å². The molecule has 0 amide bonds. The third kappa shape index (κ3) is 3.25. The van der Waals surface area contributed by atoms with Gasteiger partial charge < -0.3 is 0 Å². The molecule has 0 unspecified atom stereocenters. The number of nitriles is 1. The van der Waals surface area contributed by atoms with Crippen molar-refractivity contribution in [3.8, 4) is 6.07 Å². The van der Waals surface area contributed by atoms with Crippen molar-refractivity contribution in [2.75, 3.05) is 0 Å². The SMILES string of the molecule is CCC(C#N)(CC)NS(=O)(=O)c1cc(Cl)c(Br)s1. The number of hydrogen-bond acceptors (Lipinski definition) is 4. The van der Waals surface area contributed by atoms with Crippen LogP contribution in [0.2, 0.25) is 5.02 Å². The van der Waals surface area contributed by atoms with Gasteiger partial charge >= 0.3 is 0 Å². The molecular weight excluding hydrogens is 360 g/mol. The Morgan fingerprint density at radius 2 is 2.11 bits per heavy atom. The molecule has 1 aromatic rings. The van der Waals surface area contributed by atoms with E-state index in [4.69, 9.17) is 16.9 Å². The average Bonchev–Trinajstić information content (AvgIpc) is 2.68. The van der Waals surface area contributed by atoms with Gasteiger partial charge in [0.2, 0.25) is 0 Å². The molecule has 1 rings (SSSR count). The first-order chi connectivity index (χ1) is 8.30. The Morgan fingerprint density at radius 3 is 2.44 bits per heavy atom. The van der Waals surface area contributed by atoms with E-state index < -0.39 is 15.6 Å². The van der Waals surface area contributed by atoms with Gasteiger partial charge in [0.15, 0.2) is 0 Å². The predicted molar refractivity (Wildman–Crippen MR) is 76.3 cm³/mol. The summed E-state index contributed by atoms with van der Waals surface area (Å²) in [5.41, 5.74) is -1.07. The van der Waals surface area contributed by atoms with E-state index in [1.54, 1.807) is 13.8 Å². The highest BCUT2D eigenvalue weighted by Crippen LogP contribution is 2.35. The lowest BCUT2D eigenvalue weighted by Crippen LogP contribution is -2.46. The van der Waals surface area contributed by atoms with E-state index >= 15 is 0 Å². The normalized spacial score (nSPS) is 12.4. The summed E-state index contributed by atoms with van der Waals surface area (Å²) in [5.74, 6) is 0. The lowest BCUT2D eigenvalue weighted by molar-refractivity contribution is 0.447. The van der Waals surface area contributed by atoms with Crippen LogP contribution in [0, 0.1) is 11.3 Å². The first kappa shape index (κ1) is 15.9. The molecule has 0 aromatic carbocycles. The highest BCUT2D eigenvalue weighted by molar-refractivity contribution is 9.11. The standard InChI is InChI=1S/C10H12BrClN2O2S2/c1-3-10(4-2,6-13)14-18(15,16)8-5-7(12)9(11)17-8/h5,14H,3-4H2,1-2H3. The third-order valence-corrected chi connectivity index (χ3v) is 7.12. The summed E-state index contributed by atoms with van der Waals surface area (Å²) < 4.78 is 27.4. The Labute approximate surface area is 124 Å². The highest BCUT2D eigenvalue weighted by atomic mass is 79.9. The Balaban J connectivity index is 3.13. The second-order valence-electron chi connectivity index (χ2n) is 3.69. The number of nitrogens with one attached hydrogen (secondary N) is 1. The quantitative estimate of drug-likeness (QED) is 0.861. The van der Waals surface area contributed by atoms with Crippen LogP contribution in [0.4, 0.5) is 0 Å². The van der Waals surface area contributed by atoms with Crippen LogP contribution >= 0.6 is 38.9 Å². The monoisotopic (exact) mass is 370 g/mol. The second kappa shape index (κ2) is 5.88. The number of rotatable bonds is 5. The molecule has 0 fully saturated rings. The molecule has 0 spiro atoms. The van der Waals surface area contributed by atoms with Gasteiger partial charge in [-0.15, -0.1) is 11.3 Å². The van der Waals surface area contributed by atoms with Crippen molar-refractivity contribution >= 4 is 48.9 Å². The number of halogens is 2. The van der Waals surface area contributed by atoms with Gasteiger partial charge in [-0.25, -0.2) is 8.42 Å². The second-order valence-corrected chi connectivity index (χ2v) is 8.38. The number of hydrogen-bond donors (Lipinski definition) is 1. The molecule has 0 aliphatic rings. The molecule has 1 aromatic heterocycles. The van der Waals surface area contributed by atoms with E-state index in [9.17, 15) is 8.42 Å². The molecule has 1 N–H and O–H groups in total. The molecule has 100 valence electrons. The summed E-state index contributed by atoms with van der Waals surface area (Å²) in [5, 5.41) is 9.48. The minimum absolute atomic E-state index is 0.0981. The molecule has 18 heavy (non-hydrogen) atoms. The molecule has 0 radical (unpaired) electrons. The van der Waals surface area contributed by atoms with Crippen LogP contribution in [-0.2, 0) is 10.0 Å². The highest BCUT2D eigenvalue weighted by Gasteiger charge is 2.33. The fourth-order valence-corrected chi connectivity index (χ4v) is 5.20. The van der Waals surface area contributed by atoms with Gasteiger partial charge in [-0.05, 0) is 34.8 Å². The Hall–Kier alpha value is -0.130. The van der Waals surface area contributed by atoms with Gasteiger partial charge in [-0.3, -0.25) is 0 Å². The van der Waals surface area contributed by atoms with E-state index in [0.29, 0.717) is 21.7 Å². The maximum Gasteiger partial charge on any atom is 0.251 e. The third-order valence-electron chi connectivity index (χ3n) is 2.64. The Bertz CT molecular complexity index is 554. The molecule has 0 saturated carbocycles. The smallest absolute Gasteiger partial charge is 0.206 e. The zero-order valence-corrected chi connectivity index (χ0v) is 13.8. The molecule has 0 saturated heterocycles. The fraction of sp³-hybridized carbons (Fsp3) is 0.500. The van der Waals surface area contributed by atoms with Gasteiger partial charge in [0.1, 0.15) is 9.75 Å². The van der Waals surface area contributed by atoms with Crippen molar-refractivity contribution in [2.24, 2.45) is 0 Å². The molecular formula is C10H12BrClN2O2S2. The van der Waals surface area contributed by atoms with E-state index in [1.165, 1.54) is 6.07 Å². The minimum atomic E-state index is -3.72. The lowest BCUT2D eigenvalue weighted by atomic mass is 9.97. The first-order valence-electron chi connectivity index (χ1n) is 5.20. The summed E-state index contributed by atoms with van der Waals surface area (Å²) in [7, 11) is -3.72. The molecule has 8 heteroatoms. The van der Waals surface area contributed by atoms with Crippen molar-refractivity contribution in [2.45, 2.75) is 36.4 Å². The Morgan fingerprint density at radius 1 is 1.56 bits per heavy atom. The van der Waals surface area contributed by atoms with Crippen molar-refractivity contribution in [1.82, 2.24) is 4.72 Å². The van der Waals surface area contributed by atoms with Gasteiger partial charge in [0.05, 0.1) is 14.9 Å². The largest absolute Gasteiger partial charge is 0.251 e. The molecule has 0 aliphatic carbocycles. The van der Waals surface area contributed by atoms with E-state index in [2.05, 4.69) is 20.7 Å². The Kier molecular flexibility index (Phi) is 5.21. The summed E-state index contributed by atoms with van der Waals surface area (Å²) in [6.07, 6.45) is 0.805. The maximum atomic E-state index is 12.2. The fourth-order valence-electron chi connectivity index (χ4n) is 1.34. The number of thiophene rings is 1. The summed E-state index contributed by atoms with van der Waals surface area (Å²) in [6.45, 7) is 3.54. The van der Waals surface area contributed by atoms with Crippen LogP contribution < -0.4 is 4.72 Å². The van der Waals surface area contributed by atoms with Crippen LogP contribution in [0.3, 0.4) is 0 Å². The van der Waals surface area contributed by atoms with Gasteiger partial charge in [-0.2, -0.15) is 9.98 Å². The van der Waals surface area contributed by atoms with Gasteiger partial charge in [0, 0.05) is 0 Å². The van der Waals surface area contributed by atoms with E-state index in [1.807, 2.05) is 6.07 Å². The molecule has 0 aliphatic heterocycles. The van der Waals surface area contributed by atoms with Crippen LogP contribution in [0.25, 0.3) is 0 Å². The van der Waals surface area contributed by atoms with Crippen LogP contribution in [0.15, 0.2) is 14.1 Å².